The maximum atomic E-state index is 11.6. The predicted molar refractivity (Wildman–Crippen MR) is 144 cm³/mol. The molecule has 4 rings (SSSR count). The second-order valence-electron chi connectivity index (χ2n) is 8.09. The minimum atomic E-state index is -0.279. The maximum Gasteiger partial charge on any atom is 0.311 e. The van der Waals surface area contributed by atoms with E-state index >= 15 is 0 Å². The highest BCUT2D eigenvalue weighted by Crippen LogP contribution is 2.34. The summed E-state index contributed by atoms with van der Waals surface area (Å²) in [5.41, 5.74) is 10.3. The van der Waals surface area contributed by atoms with Crippen LogP contribution in [0.25, 0.3) is 0 Å². The van der Waals surface area contributed by atoms with Gasteiger partial charge in [0.2, 0.25) is 5.13 Å². The number of aromatic nitrogens is 1. The lowest BCUT2D eigenvalue weighted by atomic mass is 10.1. The summed E-state index contributed by atoms with van der Waals surface area (Å²) in [4.78, 5) is 18.2. The van der Waals surface area contributed by atoms with Gasteiger partial charge in [0.1, 0.15) is 0 Å². The van der Waals surface area contributed by atoms with Gasteiger partial charge in [0.15, 0.2) is 0 Å². The number of carbonyl (C=O) groups excluding carboxylic acids is 1. The third kappa shape index (κ3) is 6.55. The first-order valence-corrected chi connectivity index (χ1v) is 12.3. The fourth-order valence-corrected chi connectivity index (χ4v) is 4.16. The topological polar surface area (TPSA) is 66.8 Å². The van der Waals surface area contributed by atoms with Crippen LogP contribution in [0.2, 0.25) is 0 Å². The van der Waals surface area contributed by atoms with Crippen LogP contribution in [0.4, 0.5) is 22.2 Å². The van der Waals surface area contributed by atoms with Gasteiger partial charge in [0, 0.05) is 22.4 Å². The Morgan fingerprint density at radius 2 is 1.49 bits per heavy atom. The molecule has 3 aromatic carbocycles. The van der Waals surface area contributed by atoms with Crippen molar-refractivity contribution in [2.24, 2.45) is 5.10 Å². The van der Waals surface area contributed by atoms with E-state index in [-0.39, 0.29) is 12.4 Å². The van der Waals surface area contributed by atoms with Crippen molar-refractivity contribution in [2.45, 2.75) is 27.2 Å². The molecule has 1 N–H and O–H groups in total. The van der Waals surface area contributed by atoms with Crippen LogP contribution in [0, 0.1) is 13.8 Å². The van der Waals surface area contributed by atoms with E-state index in [4.69, 9.17) is 4.74 Å². The van der Waals surface area contributed by atoms with E-state index in [1.807, 2.05) is 17.5 Å². The number of hydrogen-bond acceptors (Lipinski definition) is 7. The van der Waals surface area contributed by atoms with Crippen molar-refractivity contribution in [1.82, 2.24) is 4.98 Å². The molecule has 178 valence electrons. The Bertz CT molecular complexity index is 1230. The lowest BCUT2D eigenvalue weighted by Gasteiger charge is -2.25. The molecule has 0 bridgehead atoms. The first-order valence-electron chi connectivity index (χ1n) is 11.4. The number of hydrogen-bond donors (Lipinski definition) is 1. The molecular weight excluding hydrogens is 456 g/mol. The first kappa shape index (κ1) is 24.2. The molecule has 7 heteroatoms. The fourth-order valence-electron chi connectivity index (χ4n) is 3.51. The van der Waals surface area contributed by atoms with Crippen LogP contribution >= 0.6 is 11.3 Å². The smallest absolute Gasteiger partial charge is 0.311 e. The van der Waals surface area contributed by atoms with Crippen molar-refractivity contribution in [2.75, 3.05) is 16.9 Å². The van der Waals surface area contributed by atoms with Crippen molar-refractivity contribution >= 4 is 45.7 Å². The van der Waals surface area contributed by atoms with Gasteiger partial charge in [-0.2, -0.15) is 5.10 Å². The number of thiazole rings is 1. The van der Waals surface area contributed by atoms with Crippen LogP contribution in [0.15, 0.2) is 83.3 Å². The van der Waals surface area contributed by atoms with Gasteiger partial charge in [0.25, 0.3) is 0 Å². The Kier molecular flexibility index (Phi) is 7.90. The summed E-state index contributed by atoms with van der Waals surface area (Å²) in [7, 11) is 0. The molecule has 4 aromatic rings. The Hall–Kier alpha value is -3.97. The van der Waals surface area contributed by atoms with Gasteiger partial charge in [-0.05, 0) is 62.7 Å². The Balaban J connectivity index is 1.47. The highest BCUT2D eigenvalue weighted by atomic mass is 32.1. The SMILES string of the molecule is CCOC(=O)Cc1csc(NN=Cc2ccc(N(c3ccc(C)cc3)c3ccc(C)cc3)cc2)n1. The predicted octanol–water partition coefficient (Wildman–Crippen LogP) is 6.78. The molecule has 6 nitrogen and oxygen atoms in total. The molecule has 0 aliphatic heterocycles. The number of aryl methyl sites for hydroxylation is 2. The van der Waals surface area contributed by atoms with Crippen LogP contribution in [0.3, 0.4) is 0 Å². The number of carbonyl (C=O) groups is 1. The molecule has 0 unspecified atom stereocenters. The van der Waals surface area contributed by atoms with Gasteiger partial charge in [-0.3, -0.25) is 10.2 Å². The van der Waals surface area contributed by atoms with Gasteiger partial charge in [0.05, 0.1) is 24.9 Å². The summed E-state index contributed by atoms with van der Waals surface area (Å²) in [6, 6.07) is 25.3. The van der Waals surface area contributed by atoms with Crippen LogP contribution in [-0.4, -0.2) is 23.8 Å². The molecule has 1 aromatic heterocycles. The van der Waals surface area contributed by atoms with Crippen molar-refractivity contribution in [3.05, 3.63) is 101 Å². The normalized spacial score (nSPS) is 10.9. The summed E-state index contributed by atoms with van der Waals surface area (Å²) in [5.74, 6) is -0.279. The second-order valence-corrected chi connectivity index (χ2v) is 8.95. The van der Waals surface area contributed by atoms with Crippen molar-refractivity contribution in [3.8, 4) is 0 Å². The van der Waals surface area contributed by atoms with E-state index in [1.165, 1.54) is 22.5 Å². The lowest BCUT2D eigenvalue weighted by molar-refractivity contribution is -0.142. The van der Waals surface area contributed by atoms with Crippen molar-refractivity contribution in [3.63, 3.8) is 0 Å². The number of rotatable bonds is 9. The van der Waals surface area contributed by atoms with E-state index in [2.05, 4.69) is 94.9 Å². The Labute approximate surface area is 209 Å². The van der Waals surface area contributed by atoms with Gasteiger partial charge in [-0.25, -0.2) is 4.98 Å². The molecule has 0 radical (unpaired) electrons. The summed E-state index contributed by atoms with van der Waals surface area (Å²) >= 11 is 1.40. The number of hydrazone groups is 1. The molecule has 0 saturated carbocycles. The average molecular weight is 485 g/mol. The Morgan fingerprint density at radius 3 is 2.03 bits per heavy atom. The van der Waals surface area contributed by atoms with Crippen LogP contribution in [0.5, 0.6) is 0 Å². The summed E-state index contributed by atoms with van der Waals surface area (Å²) < 4.78 is 4.96. The van der Waals surface area contributed by atoms with Gasteiger partial charge in [-0.15, -0.1) is 11.3 Å². The molecule has 0 amide bonds. The van der Waals surface area contributed by atoms with Gasteiger partial charge in [-0.1, -0.05) is 47.5 Å². The zero-order chi connectivity index (χ0) is 24.6. The molecule has 1 heterocycles. The number of anilines is 4. The highest BCUT2D eigenvalue weighted by molar-refractivity contribution is 7.13. The highest BCUT2D eigenvalue weighted by Gasteiger charge is 2.12. The maximum absolute atomic E-state index is 11.6. The largest absolute Gasteiger partial charge is 0.466 e. The number of esters is 1. The summed E-state index contributed by atoms with van der Waals surface area (Å²) in [6.07, 6.45) is 1.91. The second kappa shape index (κ2) is 11.4. The van der Waals surface area contributed by atoms with Crippen LogP contribution in [0.1, 0.15) is 29.3 Å². The molecule has 0 fully saturated rings. The summed E-state index contributed by atoms with van der Waals surface area (Å²) in [6.45, 7) is 6.34. The van der Waals surface area contributed by atoms with Crippen molar-refractivity contribution in [1.29, 1.82) is 0 Å². The average Bonchev–Trinajstić information content (AvgIpc) is 3.29. The minimum Gasteiger partial charge on any atom is -0.466 e. The molecular formula is C28H28N4O2S. The first-order chi connectivity index (χ1) is 17.0. The monoisotopic (exact) mass is 484 g/mol. The van der Waals surface area contributed by atoms with E-state index < -0.39 is 0 Å². The third-order valence-electron chi connectivity index (χ3n) is 5.29. The van der Waals surface area contributed by atoms with Crippen LogP contribution < -0.4 is 10.3 Å². The lowest BCUT2D eigenvalue weighted by Crippen LogP contribution is -2.10. The molecule has 0 aliphatic rings. The summed E-state index contributed by atoms with van der Waals surface area (Å²) in [5, 5.41) is 6.75. The fraction of sp³-hybridized carbons (Fsp3) is 0.179. The Morgan fingerprint density at radius 1 is 0.943 bits per heavy atom. The third-order valence-corrected chi connectivity index (χ3v) is 6.09. The number of ether oxygens (including phenoxy) is 1. The van der Waals surface area contributed by atoms with E-state index in [0.717, 1.165) is 22.6 Å². The van der Waals surface area contributed by atoms with Crippen LogP contribution in [-0.2, 0) is 16.0 Å². The number of nitrogens with one attached hydrogen (secondary N) is 1. The molecule has 0 aliphatic carbocycles. The molecule has 0 spiro atoms. The van der Waals surface area contributed by atoms with E-state index in [0.29, 0.717) is 17.4 Å². The van der Waals surface area contributed by atoms with Crippen molar-refractivity contribution < 1.29 is 9.53 Å². The van der Waals surface area contributed by atoms with E-state index in [9.17, 15) is 4.79 Å². The number of benzene rings is 3. The quantitative estimate of drug-likeness (QED) is 0.161. The van der Waals surface area contributed by atoms with Gasteiger partial charge >= 0.3 is 5.97 Å². The molecule has 35 heavy (non-hydrogen) atoms. The number of nitrogens with zero attached hydrogens (tertiary/aromatic N) is 3. The minimum absolute atomic E-state index is 0.162. The molecule has 0 atom stereocenters. The van der Waals surface area contributed by atoms with Gasteiger partial charge < -0.3 is 9.64 Å². The zero-order valence-corrected chi connectivity index (χ0v) is 20.9. The zero-order valence-electron chi connectivity index (χ0n) is 20.1. The standard InChI is InChI=1S/C28H28N4O2S/c1-4-34-27(33)17-23-19-35-28(30-23)31-29-18-22-9-15-26(16-10-22)32(24-11-5-20(2)6-12-24)25-13-7-21(3)8-14-25/h5-16,18-19H,4,17H2,1-3H3,(H,30,31). The van der Waals surface area contributed by atoms with E-state index in [1.54, 1.807) is 13.1 Å². The molecule has 0 saturated heterocycles.